The first-order chi connectivity index (χ1) is 28.3. The molecule has 2 aromatic carbocycles. The van der Waals surface area contributed by atoms with Crippen molar-refractivity contribution in [3.05, 3.63) is 89.4 Å². The SMILES string of the molecule is CC[C@H](C)[C@H](NC(=O)C[C@H](O)[C@H](CC1CCCCC1)NC(=O)CS(=O)CC(=O)[C@H](Cc1ccccc1)NC(=O)OCc1ccccc1)C(=O)NCc1cnc(C)nc1N. The summed E-state index contributed by atoms with van der Waals surface area (Å²) in [6.45, 7) is 5.49. The molecule has 0 aliphatic heterocycles. The molecule has 1 heterocycles. The molecule has 0 saturated heterocycles. The summed E-state index contributed by atoms with van der Waals surface area (Å²) in [7, 11) is -1.97. The van der Waals surface area contributed by atoms with Gasteiger partial charge in [0.25, 0.3) is 0 Å². The number of nitrogen functional groups attached to an aromatic ring is 1. The molecule has 15 nitrogen and oxygen atoms in total. The van der Waals surface area contributed by atoms with E-state index in [0.717, 1.165) is 43.2 Å². The molecule has 4 rings (SSSR count). The van der Waals surface area contributed by atoms with Crippen LogP contribution < -0.4 is 27.0 Å². The smallest absolute Gasteiger partial charge is 0.408 e. The third kappa shape index (κ3) is 16.2. The normalized spacial score (nSPS) is 16.0. The minimum Gasteiger partial charge on any atom is -0.445 e. The first-order valence-electron chi connectivity index (χ1n) is 20.3. The highest BCUT2D eigenvalue weighted by Gasteiger charge is 2.32. The summed E-state index contributed by atoms with van der Waals surface area (Å²) in [6.07, 6.45) is 5.04. The number of alkyl carbamates (subject to hydrolysis) is 1. The maximum Gasteiger partial charge on any atom is 0.408 e. The summed E-state index contributed by atoms with van der Waals surface area (Å²) in [5.41, 5.74) is 8.04. The summed E-state index contributed by atoms with van der Waals surface area (Å²) < 4.78 is 18.6. The molecule has 0 radical (unpaired) electrons. The van der Waals surface area contributed by atoms with Crippen molar-refractivity contribution in [1.29, 1.82) is 0 Å². The predicted octanol–water partition coefficient (Wildman–Crippen LogP) is 3.58. The molecule has 1 unspecified atom stereocenters. The molecule has 1 fully saturated rings. The van der Waals surface area contributed by atoms with E-state index < -0.39 is 82.6 Å². The van der Waals surface area contributed by atoms with Gasteiger partial charge in [-0.05, 0) is 42.7 Å². The Hall–Kier alpha value is -5.22. The third-order valence-corrected chi connectivity index (χ3v) is 11.8. The number of ketones is 1. The fourth-order valence-electron chi connectivity index (χ4n) is 7.01. The standard InChI is InChI=1S/C43H59N7O8S/c1-4-28(2)40(42(55)46-24-33-23-45-29(3)47-41(33)44)50-38(53)22-36(51)34(20-30-14-8-5-9-15-30)48-39(54)27-59(57)26-37(52)35(21-31-16-10-6-11-17-31)49-43(56)58-25-32-18-12-7-13-19-32/h6-7,10-13,16-19,23,28,30,34-36,40,51H,4-5,8-9,14-15,20-22,24-27H2,1-3H3,(H,46,55)(H,48,54)(H,49,56)(H,50,53)(H2,44,45,47)/t28-,34-,35-,36-,40-,59?/m0/s1. The zero-order chi connectivity index (χ0) is 42.7. The van der Waals surface area contributed by atoms with Crippen molar-refractivity contribution in [3.63, 3.8) is 0 Å². The van der Waals surface area contributed by atoms with Crippen molar-refractivity contribution in [2.75, 3.05) is 17.2 Å². The number of nitrogens with one attached hydrogen (secondary N) is 4. The lowest BCUT2D eigenvalue weighted by molar-refractivity contribution is -0.131. The fraction of sp³-hybridized carbons (Fsp3) is 0.512. The second-order valence-corrected chi connectivity index (χ2v) is 16.8. The van der Waals surface area contributed by atoms with Gasteiger partial charge in [0.2, 0.25) is 17.7 Å². The minimum atomic E-state index is -1.97. The maximum atomic E-state index is 13.5. The molecule has 7 N–H and O–H groups in total. The van der Waals surface area contributed by atoms with Gasteiger partial charge >= 0.3 is 6.09 Å². The quantitative estimate of drug-likeness (QED) is 0.0857. The van der Waals surface area contributed by atoms with Crippen LogP contribution in [0.5, 0.6) is 0 Å². The summed E-state index contributed by atoms with van der Waals surface area (Å²) in [6, 6.07) is 15.3. The zero-order valence-electron chi connectivity index (χ0n) is 34.2. The van der Waals surface area contributed by atoms with Crippen LogP contribution in [-0.2, 0) is 54.3 Å². The molecule has 1 aromatic heterocycles. The Balaban J connectivity index is 1.36. The van der Waals surface area contributed by atoms with Gasteiger partial charge in [0.1, 0.15) is 30.0 Å². The number of carbonyl (C=O) groups excluding carboxylic acids is 5. The highest BCUT2D eigenvalue weighted by atomic mass is 32.2. The van der Waals surface area contributed by atoms with E-state index in [0.29, 0.717) is 24.2 Å². The Labute approximate surface area is 348 Å². The molecule has 6 atom stereocenters. The molecular formula is C43H59N7O8S. The van der Waals surface area contributed by atoms with Gasteiger partial charge in [-0.3, -0.25) is 23.4 Å². The Kier molecular flexibility index (Phi) is 18.9. The van der Waals surface area contributed by atoms with Crippen molar-refractivity contribution in [2.24, 2.45) is 11.8 Å². The molecule has 1 saturated carbocycles. The number of aliphatic hydroxyl groups is 1. The summed E-state index contributed by atoms with van der Waals surface area (Å²) in [5, 5.41) is 22.4. The molecule has 16 heteroatoms. The number of aliphatic hydroxyl groups excluding tert-OH is 1. The molecule has 59 heavy (non-hydrogen) atoms. The number of anilines is 1. The highest BCUT2D eigenvalue weighted by molar-refractivity contribution is 7.86. The van der Waals surface area contributed by atoms with E-state index in [1.54, 1.807) is 43.3 Å². The van der Waals surface area contributed by atoms with Crippen LogP contribution in [0.3, 0.4) is 0 Å². The number of carbonyl (C=O) groups is 5. The molecule has 1 aliphatic rings. The first kappa shape index (κ1) is 46.5. The number of ether oxygens (including phenoxy) is 1. The van der Waals surface area contributed by atoms with Gasteiger partial charge in [0, 0.05) is 29.1 Å². The molecule has 3 aromatic rings. The predicted molar refractivity (Wildman–Crippen MR) is 225 cm³/mol. The monoisotopic (exact) mass is 833 g/mol. The number of hydrogen-bond acceptors (Lipinski definition) is 11. The lowest BCUT2D eigenvalue weighted by Crippen LogP contribution is -2.52. The Morgan fingerprint density at radius 1 is 0.915 bits per heavy atom. The summed E-state index contributed by atoms with van der Waals surface area (Å²) in [5.74, 6) is -2.55. The zero-order valence-corrected chi connectivity index (χ0v) is 35.0. The number of Topliss-reactive ketones (excluding diaryl/α,β-unsaturated/α-hetero) is 1. The average Bonchev–Trinajstić information content (AvgIpc) is 3.21. The van der Waals surface area contributed by atoms with E-state index in [4.69, 9.17) is 10.5 Å². The second-order valence-electron chi connectivity index (χ2n) is 15.3. The maximum absolute atomic E-state index is 13.5. The molecule has 0 spiro atoms. The number of rotatable bonds is 22. The van der Waals surface area contributed by atoms with Crippen LogP contribution in [0.2, 0.25) is 0 Å². The van der Waals surface area contributed by atoms with Gasteiger partial charge in [-0.1, -0.05) is 113 Å². The lowest BCUT2D eigenvalue weighted by atomic mass is 9.83. The Morgan fingerprint density at radius 3 is 2.22 bits per heavy atom. The van der Waals surface area contributed by atoms with Crippen LogP contribution in [0.15, 0.2) is 66.9 Å². The first-order valence-corrected chi connectivity index (χ1v) is 21.8. The van der Waals surface area contributed by atoms with Crippen LogP contribution in [0.1, 0.15) is 87.7 Å². The van der Waals surface area contributed by atoms with E-state index in [1.165, 1.54) is 6.20 Å². The van der Waals surface area contributed by atoms with Gasteiger partial charge in [-0.2, -0.15) is 0 Å². The largest absolute Gasteiger partial charge is 0.445 e. The fourth-order valence-corrected chi connectivity index (χ4v) is 8.01. The lowest BCUT2D eigenvalue weighted by Gasteiger charge is -2.30. The Morgan fingerprint density at radius 2 is 1.58 bits per heavy atom. The van der Waals surface area contributed by atoms with Crippen molar-refractivity contribution >= 4 is 46.2 Å². The van der Waals surface area contributed by atoms with Gasteiger partial charge < -0.3 is 36.8 Å². The summed E-state index contributed by atoms with van der Waals surface area (Å²) >= 11 is 0. The summed E-state index contributed by atoms with van der Waals surface area (Å²) in [4.78, 5) is 74.5. The van der Waals surface area contributed by atoms with Crippen LogP contribution in [-0.4, -0.2) is 84.6 Å². The molecule has 1 aliphatic carbocycles. The van der Waals surface area contributed by atoms with E-state index in [2.05, 4.69) is 31.2 Å². The van der Waals surface area contributed by atoms with Crippen molar-refractivity contribution in [2.45, 2.75) is 116 Å². The Bertz CT molecular complexity index is 1860. The van der Waals surface area contributed by atoms with E-state index in [-0.39, 0.29) is 37.2 Å². The second kappa shape index (κ2) is 24.0. The number of nitrogens with zero attached hydrogens (tertiary/aromatic N) is 2. The number of aryl methyl sites for hydroxylation is 1. The van der Waals surface area contributed by atoms with Crippen molar-refractivity contribution in [3.8, 4) is 0 Å². The van der Waals surface area contributed by atoms with Crippen LogP contribution in [0.4, 0.5) is 10.6 Å². The topological polar surface area (TPSA) is 232 Å². The van der Waals surface area contributed by atoms with E-state index >= 15 is 0 Å². The molecular weight excluding hydrogens is 775 g/mol. The van der Waals surface area contributed by atoms with Gasteiger partial charge in [0.05, 0.1) is 30.4 Å². The number of nitrogens with two attached hydrogens (primary N) is 1. The number of benzene rings is 2. The average molecular weight is 834 g/mol. The number of hydrogen-bond donors (Lipinski definition) is 6. The number of aromatic nitrogens is 2. The van der Waals surface area contributed by atoms with Crippen LogP contribution in [0, 0.1) is 18.8 Å². The molecule has 0 bridgehead atoms. The van der Waals surface area contributed by atoms with E-state index in [9.17, 15) is 33.3 Å². The van der Waals surface area contributed by atoms with Gasteiger partial charge in [-0.25, -0.2) is 14.8 Å². The minimum absolute atomic E-state index is 0.00497. The molecule has 4 amide bonds. The molecule has 320 valence electrons. The van der Waals surface area contributed by atoms with Crippen LogP contribution >= 0.6 is 0 Å². The van der Waals surface area contributed by atoms with Gasteiger partial charge in [-0.15, -0.1) is 0 Å². The van der Waals surface area contributed by atoms with Gasteiger partial charge in [0.15, 0.2) is 5.78 Å². The third-order valence-electron chi connectivity index (χ3n) is 10.6. The van der Waals surface area contributed by atoms with Crippen molar-refractivity contribution in [1.82, 2.24) is 31.2 Å². The van der Waals surface area contributed by atoms with Crippen LogP contribution in [0.25, 0.3) is 0 Å². The number of amides is 4. The van der Waals surface area contributed by atoms with E-state index in [1.807, 2.05) is 38.1 Å². The van der Waals surface area contributed by atoms with Crippen molar-refractivity contribution < 1.29 is 38.0 Å². The highest BCUT2D eigenvalue weighted by Crippen LogP contribution is 2.28.